The zero-order chi connectivity index (χ0) is 32.1. The highest BCUT2D eigenvalue weighted by Gasteiger charge is 2.35. The standard InChI is InChI=1S/C25H37F2N5O3.C4H4O4/c1-16(2)15-31(19-12-18(17(3)33)13-28-14-19)25(34)24-22(9-5-6-11-35-4)32(30-29-24)21-10-7-8-20(26)23(21)27;5-3(6)1-2-4(7)8/h7-8,10,16-19,28,33H,5-6,9,11-15H2,1-4H3;1-2H,(H,5,6)(H,7,8)/t17?,18-,19+;/m1./s1. The summed E-state index contributed by atoms with van der Waals surface area (Å²) in [6.45, 7) is 8.19. The van der Waals surface area contributed by atoms with Gasteiger partial charge >= 0.3 is 11.9 Å². The zero-order valence-electron chi connectivity index (χ0n) is 24.9. The largest absolute Gasteiger partial charge is 0.478 e. The van der Waals surface area contributed by atoms with Crippen molar-refractivity contribution >= 4 is 17.8 Å². The average molecular weight is 610 g/mol. The first-order valence-electron chi connectivity index (χ1n) is 14.1. The molecule has 2 aromatic rings. The van der Waals surface area contributed by atoms with E-state index in [1.807, 2.05) is 13.8 Å². The molecule has 1 fully saturated rings. The summed E-state index contributed by atoms with van der Waals surface area (Å²) in [4.78, 5) is 34.8. The van der Waals surface area contributed by atoms with Gasteiger partial charge in [0.2, 0.25) is 0 Å². The van der Waals surface area contributed by atoms with Crippen LogP contribution < -0.4 is 5.32 Å². The Bertz CT molecular complexity index is 1240. The molecular weight excluding hydrogens is 568 g/mol. The lowest BCUT2D eigenvalue weighted by molar-refractivity contribution is -0.134. The Morgan fingerprint density at radius 2 is 1.81 bits per heavy atom. The van der Waals surface area contributed by atoms with E-state index in [0.717, 1.165) is 12.5 Å². The molecule has 238 valence electrons. The summed E-state index contributed by atoms with van der Waals surface area (Å²) < 4.78 is 35.0. The molecular formula is C29H41F2N5O7. The summed E-state index contributed by atoms with van der Waals surface area (Å²) in [6, 6.07) is 3.74. The molecule has 43 heavy (non-hydrogen) atoms. The lowest BCUT2D eigenvalue weighted by Crippen LogP contribution is -2.54. The van der Waals surface area contributed by atoms with Crippen molar-refractivity contribution in [3.05, 3.63) is 53.4 Å². The number of ether oxygens (including phenoxy) is 1. The minimum atomic E-state index is -1.26. The summed E-state index contributed by atoms with van der Waals surface area (Å²) in [5.74, 6) is -4.60. The van der Waals surface area contributed by atoms with E-state index in [1.54, 1.807) is 18.9 Å². The fraction of sp³-hybridized carbons (Fsp3) is 0.552. The van der Waals surface area contributed by atoms with Gasteiger partial charge in [0, 0.05) is 51.5 Å². The number of piperidine rings is 1. The second-order valence-electron chi connectivity index (χ2n) is 10.7. The highest BCUT2D eigenvalue weighted by molar-refractivity contribution is 5.93. The molecule has 0 aliphatic carbocycles. The monoisotopic (exact) mass is 609 g/mol. The number of benzene rings is 1. The Hall–Kier alpha value is -3.75. The maximum absolute atomic E-state index is 14.6. The van der Waals surface area contributed by atoms with Crippen LogP contribution in [0, 0.1) is 23.5 Å². The number of carbonyl (C=O) groups excluding carboxylic acids is 1. The van der Waals surface area contributed by atoms with Gasteiger partial charge in [-0.2, -0.15) is 0 Å². The molecule has 4 N–H and O–H groups in total. The highest BCUT2D eigenvalue weighted by Crippen LogP contribution is 2.25. The van der Waals surface area contributed by atoms with Crippen LogP contribution in [0.3, 0.4) is 0 Å². The molecule has 12 nitrogen and oxygen atoms in total. The van der Waals surface area contributed by atoms with Gasteiger partial charge in [-0.05, 0) is 56.6 Å². The Morgan fingerprint density at radius 3 is 2.40 bits per heavy atom. The SMILES string of the molecule is COCCCCc1c(C(=O)N(CC(C)C)[C@@H]2CNC[C@H](C(C)O)C2)nnn1-c1cccc(F)c1F.O=C(O)C=CC(=O)O. The van der Waals surface area contributed by atoms with Crippen molar-refractivity contribution in [2.75, 3.05) is 33.4 Å². The molecule has 1 aliphatic rings. The predicted octanol–water partition coefficient (Wildman–Crippen LogP) is 2.68. The van der Waals surface area contributed by atoms with E-state index in [1.165, 1.54) is 16.8 Å². The van der Waals surface area contributed by atoms with Gasteiger partial charge in [-0.25, -0.2) is 23.1 Å². The number of aliphatic hydroxyl groups excluding tert-OH is 1. The summed E-state index contributed by atoms with van der Waals surface area (Å²) in [5.41, 5.74) is 0.508. The van der Waals surface area contributed by atoms with Gasteiger partial charge < -0.3 is 30.3 Å². The molecule has 0 radical (unpaired) electrons. The van der Waals surface area contributed by atoms with Gasteiger partial charge in [0.1, 0.15) is 5.69 Å². The lowest BCUT2D eigenvalue weighted by atomic mass is 9.90. The number of hydrogen-bond donors (Lipinski definition) is 4. The number of aliphatic hydroxyl groups is 1. The van der Waals surface area contributed by atoms with Crippen molar-refractivity contribution < 1.29 is 43.2 Å². The molecule has 1 aromatic heterocycles. The molecule has 2 heterocycles. The average Bonchev–Trinajstić information content (AvgIpc) is 3.37. The number of nitrogens with one attached hydrogen (secondary N) is 1. The van der Waals surface area contributed by atoms with E-state index in [2.05, 4.69) is 15.6 Å². The molecule has 1 saturated heterocycles. The number of methoxy groups -OCH3 is 1. The summed E-state index contributed by atoms with van der Waals surface area (Å²) in [7, 11) is 1.62. The van der Waals surface area contributed by atoms with E-state index < -0.39 is 29.7 Å². The second-order valence-corrected chi connectivity index (χ2v) is 10.7. The first-order valence-corrected chi connectivity index (χ1v) is 14.1. The highest BCUT2D eigenvalue weighted by atomic mass is 19.2. The van der Waals surface area contributed by atoms with Crippen LogP contribution >= 0.6 is 0 Å². The molecule has 1 unspecified atom stereocenters. The predicted molar refractivity (Wildman–Crippen MR) is 153 cm³/mol. The van der Waals surface area contributed by atoms with Crippen LogP contribution in [0.4, 0.5) is 8.78 Å². The third-order valence-corrected chi connectivity index (χ3v) is 6.81. The third kappa shape index (κ3) is 10.8. The van der Waals surface area contributed by atoms with Gasteiger partial charge in [-0.3, -0.25) is 4.79 Å². The van der Waals surface area contributed by atoms with Crippen LogP contribution in [0.5, 0.6) is 0 Å². The van der Waals surface area contributed by atoms with Crippen molar-refractivity contribution in [1.29, 1.82) is 0 Å². The van der Waals surface area contributed by atoms with Crippen molar-refractivity contribution in [3.8, 4) is 5.69 Å². The maximum Gasteiger partial charge on any atom is 0.328 e. The number of aromatic nitrogens is 3. The van der Waals surface area contributed by atoms with Crippen molar-refractivity contribution in [1.82, 2.24) is 25.2 Å². The first-order chi connectivity index (χ1) is 20.4. The summed E-state index contributed by atoms with van der Waals surface area (Å²) >= 11 is 0. The van der Waals surface area contributed by atoms with Crippen LogP contribution in [0.2, 0.25) is 0 Å². The Balaban J connectivity index is 0.000000708. The van der Waals surface area contributed by atoms with Gasteiger partial charge in [0.15, 0.2) is 17.3 Å². The Morgan fingerprint density at radius 1 is 1.14 bits per heavy atom. The van der Waals surface area contributed by atoms with E-state index in [9.17, 15) is 28.3 Å². The van der Waals surface area contributed by atoms with Crippen LogP contribution in [0.25, 0.3) is 5.69 Å². The van der Waals surface area contributed by atoms with Gasteiger partial charge in [0.05, 0.1) is 11.8 Å². The number of carbonyl (C=O) groups is 3. The van der Waals surface area contributed by atoms with Gasteiger partial charge in [0.25, 0.3) is 5.91 Å². The minimum absolute atomic E-state index is 0.0294. The van der Waals surface area contributed by atoms with Crippen LogP contribution in [-0.4, -0.2) is 98.6 Å². The van der Waals surface area contributed by atoms with E-state index in [-0.39, 0.29) is 35.2 Å². The molecule has 3 rings (SSSR count). The summed E-state index contributed by atoms with van der Waals surface area (Å²) in [6.07, 6.45) is 3.09. The lowest BCUT2D eigenvalue weighted by Gasteiger charge is -2.39. The maximum atomic E-state index is 14.6. The number of amides is 1. The second kappa shape index (κ2) is 17.4. The molecule has 1 aromatic carbocycles. The number of aliphatic carboxylic acids is 2. The number of carboxylic acid groups (broad SMARTS) is 2. The zero-order valence-corrected chi connectivity index (χ0v) is 24.9. The van der Waals surface area contributed by atoms with E-state index in [4.69, 9.17) is 14.9 Å². The molecule has 0 saturated carbocycles. The molecule has 3 atom stereocenters. The number of unbranched alkanes of at least 4 members (excludes halogenated alkanes) is 1. The molecule has 0 bridgehead atoms. The van der Waals surface area contributed by atoms with E-state index >= 15 is 0 Å². The van der Waals surface area contributed by atoms with Crippen molar-refractivity contribution in [2.45, 2.75) is 58.6 Å². The number of hydrogen-bond acceptors (Lipinski definition) is 8. The van der Waals surface area contributed by atoms with Crippen LogP contribution in [0.1, 0.15) is 56.2 Å². The van der Waals surface area contributed by atoms with Crippen LogP contribution in [0.15, 0.2) is 30.4 Å². The number of nitrogens with zero attached hydrogens (tertiary/aromatic N) is 4. The molecule has 0 spiro atoms. The normalized spacial score (nSPS) is 17.4. The fourth-order valence-electron chi connectivity index (χ4n) is 4.71. The molecule has 1 amide bonds. The first kappa shape index (κ1) is 35.4. The number of halogens is 2. The van der Waals surface area contributed by atoms with Gasteiger partial charge in [-0.15, -0.1) is 5.10 Å². The Labute approximate surface area is 249 Å². The number of rotatable bonds is 13. The molecule has 14 heteroatoms. The quantitative estimate of drug-likeness (QED) is 0.196. The smallest absolute Gasteiger partial charge is 0.328 e. The van der Waals surface area contributed by atoms with Gasteiger partial charge in [-0.1, -0.05) is 25.1 Å². The van der Waals surface area contributed by atoms with Crippen molar-refractivity contribution in [3.63, 3.8) is 0 Å². The fourth-order valence-corrected chi connectivity index (χ4v) is 4.71. The van der Waals surface area contributed by atoms with Crippen LogP contribution in [-0.2, 0) is 20.7 Å². The number of carboxylic acids is 2. The molecule has 1 aliphatic heterocycles. The minimum Gasteiger partial charge on any atom is -0.478 e. The van der Waals surface area contributed by atoms with E-state index in [0.29, 0.717) is 63.3 Å². The topological polar surface area (TPSA) is 167 Å². The third-order valence-electron chi connectivity index (χ3n) is 6.81. The Kier molecular flexibility index (Phi) is 14.3. The van der Waals surface area contributed by atoms with Crippen molar-refractivity contribution in [2.24, 2.45) is 11.8 Å². The summed E-state index contributed by atoms with van der Waals surface area (Å²) in [5, 5.41) is 37.3.